The maximum Gasteiger partial charge on any atom is 0.0925 e. The maximum absolute atomic E-state index is 4.68. The molecular formula is C9H11OS. The second-order valence-corrected chi connectivity index (χ2v) is 3.09. The van der Waals surface area contributed by atoms with Gasteiger partial charge in [0.05, 0.1) is 13.0 Å². The van der Waals surface area contributed by atoms with Gasteiger partial charge in [-0.3, -0.25) is 0 Å². The van der Waals surface area contributed by atoms with E-state index >= 15 is 0 Å². The lowest BCUT2D eigenvalue weighted by Crippen LogP contribution is -1.82. The first kappa shape index (κ1) is 8.62. The van der Waals surface area contributed by atoms with Crippen LogP contribution in [0, 0.1) is 7.11 Å². The number of ether oxygens (including phenoxy) is 1. The van der Waals surface area contributed by atoms with Gasteiger partial charge in [0, 0.05) is 5.75 Å². The van der Waals surface area contributed by atoms with Crippen LogP contribution in [0.5, 0.6) is 0 Å². The monoisotopic (exact) mass is 167 g/mol. The van der Waals surface area contributed by atoms with Crippen LogP contribution in [0.2, 0.25) is 0 Å². The van der Waals surface area contributed by atoms with Crippen molar-refractivity contribution in [3.8, 4) is 0 Å². The highest BCUT2D eigenvalue weighted by atomic mass is 32.2. The molecule has 0 aromatic heterocycles. The van der Waals surface area contributed by atoms with Gasteiger partial charge in [0.2, 0.25) is 0 Å². The van der Waals surface area contributed by atoms with E-state index in [9.17, 15) is 0 Å². The molecule has 0 spiro atoms. The molecular weight excluding hydrogens is 156 g/mol. The van der Waals surface area contributed by atoms with Crippen LogP contribution in [0.25, 0.3) is 0 Å². The molecule has 0 aliphatic heterocycles. The first-order valence-electron chi connectivity index (χ1n) is 3.42. The van der Waals surface area contributed by atoms with Crippen LogP contribution in [-0.2, 0) is 10.5 Å². The molecule has 0 aliphatic carbocycles. The zero-order chi connectivity index (χ0) is 7.94. The highest BCUT2D eigenvalue weighted by Gasteiger charge is 1.89. The summed E-state index contributed by atoms with van der Waals surface area (Å²) in [5, 5.41) is 0. The molecule has 0 heterocycles. The summed E-state index contributed by atoms with van der Waals surface area (Å²) in [4.78, 5) is 0. The Morgan fingerprint density at radius 2 is 2.00 bits per heavy atom. The average Bonchev–Trinajstić information content (AvgIpc) is 2.07. The first-order valence-corrected chi connectivity index (χ1v) is 4.57. The second kappa shape index (κ2) is 5.22. The van der Waals surface area contributed by atoms with Crippen LogP contribution >= 0.6 is 11.8 Å². The molecule has 0 amide bonds. The summed E-state index contributed by atoms with van der Waals surface area (Å²) in [6.45, 7) is 0. The molecule has 1 radical (unpaired) electrons. The quantitative estimate of drug-likeness (QED) is 0.503. The van der Waals surface area contributed by atoms with Crippen molar-refractivity contribution in [2.45, 2.75) is 5.75 Å². The number of hydrogen-bond acceptors (Lipinski definition) is 2. The summed E-state index contributed by atoms with van der Waals surface area (Å²) in [5.74, 6) is 1.66. The number of hydrogen-bond donors (Lipinski definition) is 0. The molecule has 59 valence electrons. The van der Waals surface area contributed by atoms with Gasteiger partial charge in [-0.25, -0.2) is 0 Å². The number of thioether (sulfide) groups is 1. The first-order chi connectivity index (χ1) is 5.43. The van der Waals surface area contributed by atoms with Gasteiger partial charge in [-0.2, -0.15) is 0 Å². The van der Waals surface area contributed by atoms with Crippen molar-refractivity contribution in [3.05, 3.63) is 43.0 Å². The van der Waals surface area contributed by atoms with Crippen LogP contribution in [0.1, 0.15) is 5.56 Å². The van der Waals surface area contributed by atoms with Gasteiger partial charge in [0.15, 0.2) is 0 Å². The van der Waals surface area contributed by atoms with E-state index < -0.39 is 0 Å². The number of benzene rings is 1. The van der Waals surface area contributed by atoms with Crippen LogP contribution in [0.15, 0.2) is 30.3 Å². The van der Waals surface area contributed by atoms with Gasteiger partial charge in [0.1, 0.15) is 0 Å². The van der Waals surface area contributed by atoms with Gasteiger partial charge in [-0.1, -0.05) is 30.3 Å². The normalized spacial score (nSPS) is 9.91. The van der Waals surface area contributed by atoms with E-state index in [0.29, 0.717) is 5.94 Å². The Bertz CT molecular complexity index is 186. The van der Waals surface area contributed by atoms with Gasteiger partial charge in [0.25, 0.3) is 0 Å². The second-order valence-electron chi connectivity index (χ2n) is 2.16. The molecule has 2 heteroatoms. The highest BCUT2D eigenvalue weighted by Crippen LogP contribution is 2.10. The van der Waals surface area contributed by atoms with Crippen LogP contribution in [-0.4, -0.2) is 5.94 Å². The zero-order valence-electron chi connectivity index (χ0n) is 6.32. The minimum absolute atomic E-state index is 0.662. The summed E-state index contributed by atoms with van der Waals surface area (Å²) in [7, 11) is 3.30. The lowest BCUT2D eigenvalue weighted by molar-refractivity contribution is 0.309. The standard InChI is InChI=1S/C9H11OS/c1-10-8-11-7-9-5-3-2-4-6-9/h2-6H,1,7-8H2. The molecule has 0 aliphatic rings. The molecule has 0 fully saturated rings. The van der Waals surface area contributed by atoms with Crippen molar-refractivity contribution < 1.29 is 4.74 Å². The zero-order valence-corrected chi connectivity index (χ0v) is 7.14. The van der Waals surface area contributed by atoms with Gasteiger partial charge in [-0.05, 0) is 5.56 Å². The summed E-state index contributed by atoms with van der Waals surface area (Å²) in [6, 6.07) is 10.3. The topological polar surface area (TPSA) is 9.23 Å². The van der Waals surface area contributed by atoms with Gasteiger partial charge < -0.3 is 4.74 Å². The van der Waals surface area contributed by atoms with E-state index in [1.54, 1.807) is 11.8 Å². The van der Waals surface area contributed by atoms with Gasteiger partial charge >= 0.3 is 0 Å². The molecule has 0 atom stereocenters. The molecule has 11 heavy (non-hydrogen) atoms. The van der Waals surface area contributed by atoms with Gasteiger partial charge in [-0.15, -0.1) is 11.8 Å². The maximum atomic E-state index is 4.68. The van der Waals surface area contributed by atoms with E-state index in [1.807, 2.05) is 18.2 Å². The Morgan fingerprint density at radius 1 is 1.27 bits per heavy atom. The SMILES string of the molecule is [CH2]OCSCc1ccccc1. The van der Waals surface area contributed by atoms with Crippen LogP contribution in [0.3, 0.4) is 0 Å². The third-order valence-corrected chi connectivity index (χ3v) is 2.15. The predicted molar refractivity (Wildman–Crippen MR) is 49.0 cm³/mol. The highest BCUT2D eigenvalue weighted by molar-refractivity contribution is 7.98. The van der Waals surface area contributed by atoms with Crippen molar-refractivity contribution in [3.63, 3.8) is 0 Å². The predicted octanol–water partition coefficient (Wildman–Crippen LogP) is 2.69. The van der Waals surface area contributed by atoms with Crippen LogP contribution in [0.4, 0.5) is 0 Å². The minimum Gasteiger partial charge on any atom is -0.368 e. The van der Waals surface area contributed by atoms with Crippen molar-refractivity contribution in [2.75, 3.05) is 5.94 Å². The third-order valence-electron chi connectivity index (χ3n) is 1.28. The molecule has 1 aromatic carbocycles. The Morgan fingerprint density at radius 3 is 2.64 bits per heavy atom. The summed E-state index contributed by atoms with van der Waals surface area (Å²) < 4.78 is 4.68. The van der Waals surface area contributed by atoms with Crippen molar-refractivity contribution in [2.24, 2.45) is 0 Å². The minimum atomic E-state index is 0.662. The molecule has 1 rings (SSSR count). The molecule has 0 unspecified atom stereocenters. The lowest BCUT2D eigenvalue weighted by Gasteiger charge is -1.98. The van der Waals surface area contributed by atoms with Crippen molar-refractivity contribution >= 4 is 11.8 Å². The fourth-order valence-electron chi connectivity index (χ4n) is 0.793. The summed E-state index contributed by atoms with van der Waals surface area (Å²) in [5.41, 5.74) is 1.33. The molecule has 0 saturated heterocycles. The average molecular weight is 167 g/mol. The fraction of sp³-hybridized carbons (Fsp3) is 0.222. The number of rotatable bonds is 4. The summed E-state index contributed by atoms with van der Waals surface area (Å²) in [6.07, 6.45) is 0. The van der Waals surface area contributed by atoms with Crippen LogP contribution < -0.4 is 0 Å². The Kier molecular flexibility index (Phi) is 4.09. The Balaban J connectivity index is 2.28. The molecule has 0 saturated carbocycles. The van der Waals surface area contributed by atoms with E-state index in [4.69, 9.17) is 0 Å². The summed E-state index contributed by atoms with van der Waals surface area (Å²) >= 11 is 1.72. The lowest BCUT2D eigenvalue weighted by atomic mass is 10.2. The van der Waals surface area contributed by atoms with E-state index in [0.717, 1.165) is 5.75 Å². The van der Waals surface area contributed by atoms with E-state index in [1.165, 1.54) is 5.56 Å². The van der Waals surface area contributed by atoms with E-state index in [2.05, 4.69) is 24.0 Å². The molecule has 0 N–H and O–H groups in total. The Hall–Kier alpha value is -0.470. The third kappa shape index (κ3) is 3.44. The molecule has 0 bridgehead atoms. The Labute approximate surface area is 71.8 Å². The van der Waals surface area contributed by atoms with Crippen molar-refractivity contribution in [1.82, 2.24) is 0 Å². The smallest absolute Gasteiger partial charge is 0.0925 e. The fourth-order valence-corrected chi connectivity index (χ4v) is 1.42. The largest absolute Gasteiger partial charge is 0.368 e. The van der Waals surface area contributed by atoms with Crippen molar-refractivity contribution in [1.29, 1.82) is 0 Å². The molecule has 1 nitrogen and oxygen atoms in total. The van der Waals surface area contributed by atoms with E-state index in [-0.39, 0.29) is 0 Å². The molecule has 1 aromatic rings.